The number of hydrogen-bond donors (Lipinski definition) is 0. The molecule has 1 saturated carbocycles. The molecule has 1 aromatic heterocycles. The molecule has 1 aliphatic carbocycles. The van der Waals surface area contributed by atoms with Gasteiger partial charge in [0.25, 0.3) is 0 Å². The first-order chi connectivity index (χ1) is 15.3. The molecule has 0 spiro atoms. The van der Waals surface area contributed by atoms with Gasteiger partial charge in [-0.05, 0) is 42.2 Å². The summed E-state index contributed by atoms with van der Waals surface area (Å²) >= 11 is 0. The van der Waals surface area contributed by atoms with E-state index in [0.717, 1.165) is 56.7 Å². The van der Waals surface area contributed by atoms with E-state index in [2.05, 4.69) is 39.4 Å². The minimum atomic E-state index is 0.133. The molecular weight excluding hydrogens is 388 g/mol. The maximum absolute atomic E-state index is 12.5. The molecule has 4 rings (SSSR count). The van der Waals surface area contributed by atoms with Crippen molar-refractivity contribution < 1.29 is 9.53 Å². The molecular formula is C25H34N4O2. The molecule has 1 aliphatic heterocycles. The highest BCUT2D eigenvalue weighted by molar-refractivity contribution is 5.78. The minimum absolute atomic E-state index is 0.133. The van der Waals surface area contributed by atoms with E-state index in [4.69, 9.17) is 4.74 Å². The number of carbonyl (C=O) groups excluding carboxylic acids is 1. The maximum Gasteiger partial charge on any atom is 0.228 e. The number of aromatic nitrogens is 2. The fourth-order valence-electron chi connectivity index (χ4n) is 4.66. The van der Waals surface area contributed by atoms with Gasteiger partial charge in [0, 0.05) is 38.9 Å². The number of rotatable bonds is 8. The normalized spacial score (nSPS) is 18.1. The number of carbonyl (C=O) groups is 1. The lowest BCUT2D eigenvalue weighted by atomic mass is 9.87. The summed E-state index contributed by atoms with van der Waals surface area (Å²) in [6.45, 7) is 5.01. The van der Waals surface area contributed by atoms with Crippen LogP contribution >= 0.6 is 0 Å². The van der Waals surface area contributed by atoms with Crippen LogP contribution in [0.15, 0.2) is 42.6 Å². The molecule has 0 unspecified atom stereocenters. The Morgan fingerprint density at radius 2 is 1.87 bits per heavy atom. The van der Waals surface area contributed by atoms with Gasteiger partial charge in [0.1, 0.15) is 5.75 Å². The van der Waals surface area contributed by atoms with Crippen LogP contribution in [0.3, 0.4) is 0 Å². The molecule has 2 aromatic rings. The zero-order valence-electron chi connectivity index (χ0n) is 18.4. The summed E-state index contributed by atoms with van der Waals surface area (Å²) in [6.07, 6.45) is 10.1. The van der Waals surface area contributed by atoms with Crippen LogP contribution in [0.5, 0.6) is 5.75 Å². The predicted octanol–water partition coefficient (Wildman–Crippen LogP) is 3.71. The fraction of sp³-hybridized carbons (Fsp3) is 0.560. The van der Waals surface area contributed by atoms with Crippen LogP contribution in [-0.4, -0.2) is 58.7 Å². The molecule has 6 heteroatoms. The first-order valence-corrected chi connectivity index (χ1v) is 11.7. The largest absolute Gasteiger partial charge is 0.494 e. The number of amides is 1. The molecule has 0 N–H and O–H groups in total. The highest BCUT2D eigenvalue weighted by Gasteiger charge is 2.21. The molecule has 2 fully saturated rings. The van der Waals surface area contributed by atoms with Crippen LogP contribution in [0.25, 0.3) is 0 Å². The Labute approximate surface area is 185 Å². The van der Waals surface area contributed by atoms with Crippen LogP contribution in [0.1, 0.15) is 49.8 Å². The van der Waals surface area contributed by atoms with Gasteiger partial charge in [0.15, 0.2) is 0 Å². The quantitative estimate of drug-likeness (QED) is 0.649. The van der Waals surface area contributed by atoms with E-state index in [1.165, 1.54) is 44.1 Å². The second-order valence-corrected chi connectivity index (χ2v) is 8.84. The second kappa shape index (κ2) is 11.2. The molecule has 1 saturated heterocycles. The summed E-state index contributed by atoms with van der Waals surface area (Å²) < 4.78 is 6.06. The smallest absolute Gasteiger partial charge is 0.228 e. The van der Waals surface area contributed by atoms with Gasteiger partial charge in [-0.15, -0.1) is 0 Å². The first kappa shape index (κ1) is 21.8. The van der Waals surface area contributed by atoms with Gasteiger partial charge >= 0.3 is 0 Å². The summed E-state index contributed by atoms with van der Waals surface area (Å²) in [6, 6.07) is 12.2. The lowest BCUT2D eigenvalue weighted by Crippen LogP contribution is -2.48. The van der Waals surface area contributed by atoms with Gasteiger partial charge in [0.05, 0.1) is 18.7 Å². The number of ether oxygens (including phenoxy) is 1. The average Bonchev–Trinajstić information content (AvgIpc) is 2.81. The van der Waals surface area contributed by atoms with Crippen molar-refractivity contribution in [2.45, 2.75) is 51.5 Å². The van der Waals surface area contributed by atoms with Gasteiger partial charge < -0.3 is 9.64 Å². The Morgan fingerprint density at radius 3 is 2.65 bits per heavy atom. The van der Waals surface area contributed by atoms with Crippen molar-refractivity contribution in [3.63, 3.8) is 0 Å². The Bertz CT molecular complexity index is 815. The van der Waals surface area contributed by atoms with E-state index in [0.29, 0.717) is 6.42 Å². The topological polar surface area (TPSA) is 58.6 Å². The molecule has 2 aliphatic rings. The second-order valence-electron chi connectivity index (χ2n) is 8.84. The molecule has 1 aromatic carbocycles. The Balaban J connectivity index is 1.19. The van der Waals surface area contributed by atoms with Crippen molar-refractivity contribution in [3.05, 3.63) is 53.9 Å². The summed E-state index contributed by atoms with van der Waals surface area (Å²) in [5, 5.41) is 7.87. The maximum atomic E-state index is 12.5. The van der Waals surface area contributed by atoms with Gasteiger partial charge in [-0.1, -0.05) is 44.2 Å². The number of nitrogens with zero attached hydrogens (tertiary/aromatic N) is 4. The van der Waals surface area contributed by atoms with Crippen molar-refractivity contribution in [2.75, 3.05) is 32.8 Å². The Hall–Kier alpha value is -2.47. The first-order valence-electron chi connectivity index (χ1n) is 11.7. The molecule has 31 heavy (non-hydrogen) atoms. The van der Waals surface area contributed by atoms with Gasteiger partial charge in [-0.3, -0.25) is 9.69 Å². The molecule has 0 atom stereocenters. The van der Waals surface area contributed by atoms with Crippen LogP contribution in [0, 0.1) is 5.92 Å². The van der Waals surface area contributed by atoms with Gasteiger partial charge in [-0.25, -0.2) is 0 Å². The lowest BCUT2D eigenvalue weighted by molar-refractivity contribution is -0.132. The zero-order chi connectivity index (χ0) is 21.3. The minimum Gasteiger partial charge on any atom is -0.494 e. The van der Waals surface area contributed by atoms with Crippen molar-refractivity contribution >= 4 is 5.91 Å². The van der Waals surface area contributed by atoms with Crippen molar-refractivity contribution in [1.82, 2.24) is 20.0 Å². The van der Waals surface area contributed by atoms with Crippen LogP contribution < -0.4 is 4.74 Å². The van der Waals surface area contributed by atoms with Crippen LogP contribution in [-0.2, 0) is 17.8 Å². The summed E-state index contributed by atoms with van der Waals surface area (Å²) in [4.78, 5) is 16.9. The third-order valence-corrected chi connectivity index (χ3v) is 6.51. The summed E-state index contributed by atoms with van der Waals surface area (Å²) in [5.41, 5.74) is 2.00. The predicted molar refractivity (Wildman–Crippen MR) is 121 cm³/mol. The summed E-state index contributed by atoms with van der Waals surface area (Å²) in [7, 11) is 0. The zero-order valence-corrected chi connectivity index (χ0v) is 18.4. The third kappa shape index (κ3) is 6.76. The molecule has 2 heterocycles. The van der Waals surface area contributed by atoms with E-state index < -0.39 is 0 Å². The monoisotopic (exact) mass is 422 g/mol. The molecule has 0 bridgehead atoms. The Kier molecular flexibility index (Phi) is 7.88. The van der Waals surface area contributed by atoms with E-state index in [9.17, 15) is 4.79 Å². The van der Waals surface area contributed by atoms with E-state index in [1.807, 2.05) is 17.0 Å². The van der Waals surface area contributed by atoms with Crippen molar-refractivity contribution in [2.24, 2.45) is 5.92 Å². The number of piperazine rings is 1. The van der Waals surface area contributed by atoms with E-state index in [-0.39, 0.29) is 5.91 Å². The lowest BCUT2D eigenvalue weighted by Gasteiger charge is -2.34. The van der Waals surface area contributed by atoms with Crippen molar-refractivity contribution in [1.29, 1.82) is 0 Å². The van der Waals surface area contributed by atoms with Crippen LogP contribution in [0.4, 0.5) is 0 Å². The fourth-order valence-corrected chi connectivity index (χ4v) is 4.66. The number of hydrogen-bond acceptors (Lipinski definition) is 5. The standard InChI is InChI=1S/C25H34N4O2/c30-25(19-23-9-5-12-26-27-23)29-15-13-28(14-16-29)20-22-8-4-10-24(18-22)31-17-11-21-6-2-1-3-7-21/h4-5,8-10,12,18,21H,1-3,6-7,11,13-17,19-20H2. The van der Waals surface area contributed by atoms with Gasteiger partial charge in [0.2, 0.25) is 5.91 Å². The highest BCUT2D eigenvalue weighted by atomic mass is 16.5. The summed E-state index contributed by atoms with van der Waals surface area (Å²) in [5.74, 6) is 1.96. The molecule has 6 nitrogen and oxygen atoms in total. The Morgan fingerprint density at radius 1 is 1.03 bits per heavy atom. The molecule has 0 radical (unpaired) electrons. The SMILES string of the molecule is O=C(Cc1cccnn1)N1CCN(Cc2cccc(OCCC3CCCCC3)c2)CC1. The average molecular weight is 423 g/mol. The van der Waals surface area contributed by atoms with Crippen molar-refractivity contribution in [3.8, 4) is 5.75 Å². The highest BCUT2D eigenvalue weighted by Crippen LogP contribution is 2.26. The van der Waals surface area contributed by atoms with E-state index >= 15 is 0 Å². The number of benzene rings is 1. The van der Waals surface area contributed by atoms with Gasteiger partial charge in [-0.2, -0.15) is 10.2 Å². The third-order valence-electron chi connectivity index (χ3n) is 6.51. The molecule has 166 valence electrons. The molecule has 1 amide bonds. The van der Waals surface area contributed by atoms with Crippen LogP contribution in [0.2, 0.25) is 0 Å². The van der Waals surface area contributed by atoms with E-state index in [1.54, 1.807) is 6.20 Å².